The normalized spacial score (nSPS) is 18.9. The molecule has 4 amide bonds. The van der Waals surface area contributed by atoms with Crippen LogP contribution in [0.3, 0.4) is 0 Å². The Morgan fingerprint density at radius 3 is 2.69 bits per heavy atom. The molecule has 42 heavy (non-hydrogen) atoms. The van der Waals surface area contributed by atoms with E-state index in [0.717, 1.165) is 25.0 Å². The van der Waals surface area contributed by atoms with Crippen LogP contribution in [0.15, 0.2) is 24.3 Å². The molecule has 0 aromatic heterocycles. The minimum atomic E-state index is -0.482. The largest absolute Gasteiger partial charge is 0.482 e. The second kappa shape index (κ2) is 18.3. The molecule has 2 aliphatic heterocycles. The van der Waals surface area contributed by atoms with Crippen molar-refractivity contribution in [3.8, 4) is 5.75 Å². The van der Waals surface area contributed by atoms with Gasteiger partial charge in [-0.2, -0.15) is 11.8 Å². The van der Waals surface area contributed by atoms with Crippen LogP contribution >= 0.6 is 11.8 Å². The molecule has 2 fully saturated rings. The number of nitrogens with one attached hydrogen (secondary N) is 4. The fraction of sp³-hybridized carbons (Fsp3) is 0.621. The highest BCUT2D eigenvalue weighted by Crippen LogP contribution is 2.33. The maximum atomic E-state index is 12.4. The zero-order valence-corrected chi connectivity index (χ0v) is 24.9. The Morgan fingerprint density at radius 1 is 1.00 bits per heavy atom. The fourth-order valence-corrected chi connectivity index (χ4v) is 6.24. The number of amides is 4. The average Bonchev–Trinajstić information content (AvgIpc) is 3.53. The van der Waals surface area contributed by atoms with Crippen molar-refractivity contribution in [3.05, 3.63) is 29.8 Å². The zero-order chi connectivity index (χ0) is 30.2. The molecule has 0 bridgehead atoms. The van der Waals surface area contributed by atoms with Crippen LogP contribution in [-0.4, -0.2) is 92.2 Å². The number of ether oxygens (including phenoxy) is 3. The molecule has 2 heterocycles. The fourth-order valence-electron chi connectivity index (χ4n) is 4.70. The van der Waals surface area contributed by atoms with E-state index in [2.05, 4.69) is 21.3 Å². The number of rotatable bonds is 20. The van der Waals surface area contributed by atoms with E-state index in [1.165, 1.54) is 0 Å². The summed E-state index contributed by atoms with van der Waals surface area (Å²) in [7, 11) is 0. The first-order valence-electron chi connectivity index (χ1n) is 14.6. The Balaban J connectivity index is 1.13. The monoisotopic (exact) mass is 606 g/mol. The van der Waals surface area contributed by atoms with E-state index in [-0.39, 0.29) is 62.0 Å². The Hall–Kier alpha value is -3.32. The number of unbranched alkanes of at least 4 members (excludes halogenated alkanes) is 1. The molecule has 0 aliphatic carbocycles. The number of esters is 1. The highest BCUT2D eigenvalue weighted by molar-refractivity contribution is 8.00. The van der Waals surface area contributed by atoms with Crippen LogP contribution in [0.2, 0.25) is 0 Å². The first kappa shape index (κ1) is 33.2. The lowest BCUT2D eigenvalue weighted by Gasteiger charge is -2.16. The number of carbonyl (C=O) groups excluding carboxylic acids is 5. The third kappa shape index (κ3) is 11.9. The molecular formula is C29H42N4O8S. The molecule has 4 N–H and O–H groups in total. The van der Waals surface area contributed by atoms with E-state index in [9.17, 15) is 24.0 Å². The van der Waals surface area contributed by atoms with Crippen LogP contribution in [0, 0.1) is 0 Å². The first-order chi connectivity index (χ1) is 20.4. The van der Waals surface area contributed by atoms with Gasteiger partial charge in [-0.15, -0.1) is 0 Å². The Kier molecular flexibility index (Phi) is 14.4. The molecule has 13 heteroatoms. The lowest BCUT2D eigenvalue weighted by Crippen LogP contribution is -2.36. The topological polar surface area (TPSA) is 161 Å². The lowest BCUT2D eigenvalue weighted by molar-refractivity contribution is -0.145. The van der Waals surface area contributed by atoms with Crippen molar-refractivity contribution in [1.29, 1.82) is 0 Å². The summed E-state index contributed by atoms with van der Waals surface area (Å²) >= 11 is 1.88. The smallest absolute Gasteiger partial charge is 0.344 e. The molecule has 2 aliphatic rings. The van der Waals surface area contributed by atoms with Crippen LogP contribution in [-0.2, 0) is 23.9 Å². The summed E-state index contributed by atoms with van der Waals surface area (Å²) in [6, 6.07) is 6.83. The molecule has 0 unspecified atom stereocenters. The second-order valence-electron chi connectivity index (χ2n) is 10.1. The highest BCUT2D eigenvalue weighted by atomic mass is 32.2. The second-order valence-corrected chi connectivity index (χ2v) is 11.4. The summed E-state index contributed by atoms with van der Waals surface area (Å²) in [5.74, 6) is 0.578. The molecule has 3 rings (SSSR count). The highest BCUT2D eigenvalue weighted by Gasteiger charge is 2.42. The van der Waals surface area contributed by atoms with Crippen LogP contribution in [0.5, 0.6) is 5.75 Å². The van der Waals surface area contributed by atoms with Crippen molar-refractivity contribution in [3.63, 3.8) is 0 Å². The van der Waals surface area contributed by atoms with Gasteiger partial charge in [-0.3, -0.25) is 14.4 Å². The number of fused-ring (bicyclic) bond motifs is 1. The van der Waals surface area contributed by atoms with Gasteiger partial charge in [-0.05, 0) is 44.4 Å². The van der Waals surface area contributed by atoms with Crippen molar-refractivity contribution in [2.75, 3.05) is 45.3 Å². The number of thioether (sulfide) groups is 1. The van der Waals surface area contributed by atoms with E-state index >= 15 is 0 Å². The van der Waals surface area contributed by atoms with Crippen molar-refractivity contribution in [2.45, 2.75) is 69.2 Å². The Bertz CT molecular complexity index is 1070. The molecule has 0 spiro atoms. The van der Waals surface area contributed by atoms with Gasteiger partial charge in [0.25, 0.3) is 5.91 Å². The Morgan fingerprint density at radius 2 is 1.86 bits per heavy atom. The number of hydrogen-bond donors (Lipinski definition) is 4. The SMILES string of the molecule is CCOC(=O)COc1cccc(C(=O)NCCCC(=O)CCOCCNC(=O)CCCC[C@@H]2SC[C@@H]3NC(=O)N[C@@H]32)c1. The summed E-state index contributed by atoms with van der Waals surface area (Å²) in [5.41, 5.74) is 0.391. The Labute approximate surface area is 250 Å². The minimum absolute atomic E-state index is 0.0135. The van der Waals surface area contributed by atoms with E-state index in [1.807, 2.05) is 11.8 Å². The van der Waals surface area contributed by atoms with Gasteiger partial charge in [0.1, 0.15) is 11.5 Å². The van der Waals surface area contributed by atoms with Crippen LogP contribution < -0.4 is 26.0 Å². The standard InChI is InChI=1S/C29H42N4O8S/c1-2-40-26(36)18-41-22-9-5-7-20(17-22)28(37)31-13-6-8-21(34)12-15-39-16-14-30-25(35)11-4-3-10-24-27-23(19-42-24)32-29(38)33-27/h5,7,9,17,23-24,27H,2-4,6,8,10-16,18-19H2,1H3,(H,30,35)(H,31,37)(H2,32,33,38)/t23-,24-,27-/m0/s1. The quantitative estimate of drug-likeness (QED) is 0.0988. The molecule has 232 valence electrons. The van der Waals surface area contributed by atoms with Crippen molar-refractivity contribution in [2.24, 2.45) is 0 Å². The number of ketones is 1. The molecule has 3 atom stereocenters. The predicted molar refractivity (Wildman–Crippen MR) is 158 cm³/mol. The van der Waals surface area contributed by atoms with E-state index in [4.69, 9.17) is 14.2 Å². The van der Waals surface area contributed by atoms with Crippen molar-refractivity contribution in [1.82, 2.24) is 21.3 Å². The van der Waals surface area contributed by atoms with E-state index < -0.39 is 5.97 Å². The van der Waals surface area contributed by atoms with Crippen LogP contribution in [0.25, 0.3) is 0 Å². The van der Waals surface area contributed by atoms with Gasteiger partial charge in [-0.1, -0.05) is 12.5 Å². The summed E-state index contributed by atoms with van der Waals surface area (Å²) < 4.78 is 15.6. The van der Waals surface area contributed by atoms with Crippen LogP contribution in [0.1, 0.15) is 62.2 Å². The van der Waals surface area contributed by atoms with Gasteiger partial charge in [-0.25, -0.2) is 9.59 Å². The van der Waals surface area contributed by atoms with Gasteiger partial charge in [0.2, 0.25) is 5.91 Å². The summed E-state index contributed by atoms with van der Waals surface area (Å²) in [6.07, 6.45) is 4.29. The zero-order valence-electron chi connectivity index (χ0n) is 24.1. The molecule has 1 aromatic carbocycles. The molecule has 0 saturated carbocycles. The predicted octanol–water partition coefficient (Wildman–Crippen LogP) is 1.96. The number of hydrogen-bond acceptors (Lipinski definition) is 9. The minimum Gasteiger partial charge on any atom is -0.482 e. The summed E-state index contributed by atoms with van der Waals surface area (Å²) in [6.45, 7) is 3.11. The first-order valence-corrected chi connectivity index (χ1v) is 15.6. The molecule has 1 aromatic rings. The molecule has 12 nitrogen and oxygen atoms in total. The summed E-state index contributed by atoms with van der Waals surface area (Å²) in [4.78, 5) is 59.4. The van der Waals surface area contributed by atoms with Crippen LogP contribution in [0.4, 0.5) is 4.79 Å². The van der Waals surface area contributed by atoms with Crippen molar-refractivity contribution >= 4 is 41.4 Å². The van der Waals surface area contributed by atoms with Gasteiger partial charge in [0.15, 0.2) is 6.61 Å². The number of benzene rings is 1. The van der Waals surface area contributed by atoms with Gasteiger partial charge in [0.05, 0.1) is 31.9 Å². The lowest BCUT2D eigenvalue weighted by atomic mass is 10.0. The number of carbonyl (C=O) groups is 5. The van der Waals surface area contributed by atoms with E-state index in [0.29, 0.717) is 55.5 Å². The van der Waals surface area contributed by atoms with Gasteiger partial charge in [0, 0.05) is 48.9 Å². The van der Waals surface area contributed by atoms with Gasteiger partial charge < -0.3 is 35.5 Å². The van der Waals surface area contributed by atoms with Gasteiger partial charge >= 0.3 is 12.0 Å². The average molecular weight is 607 g/mol. The third-order valence-corrected chi connectivity index (χ3v) is 8.36. The maximum Gasteiger partial charge on any atom is 0.344 e. The molecule has 2 saturated heterocycles. The number of Topliss-reactive ketones (excluding diaryl/α,β-unsaturated/α-hetero) is 1. The van der Waals surface area contributed by atoms with E-state index in [1.54, 1.807) is 31.2 Å². The third-order valence-electron chi connectivity index (χ3n) is 6.85. The van der Waals surface area contributed by atoms with Crippen molar-refractivity contribution < 1.29 is 38.2 Å². The summed E-state index contributed by atoms with van der Waals surface area (Å²) in [5, 5.41) is 11.9. The maximum absolute atomic E-state index is 12.4. The molecular weight excluding hydrogens is 564 g/mol. The number of urea groups is 1. The molecule has 0 radical (unpaired) electrons.